The average molecular weight is 96.3 g/mol. The second kappa shape index (κ2) is 4.56. The molecule has 0 aliphatic heterocycles. The van der Waals surface area contributed by atoms with E-state index >= 15 is 0 Å². The first kappa shape index (κ1) is 9.12. The Hall–Kier alpha value is 0.556. The van der Waals surface area contributed by atoms with Gasteiger partial charge in [0.15, 0.2) is 0 Å². The molecule has 0 aliphatic rings. The fourth-order valence-corrected chi connectivity index (χ4v) is 0. The molecule has 0 aromatic carbocycles. The Labute approximate surface area is 46.5 Å². The first-order chi connectivity index (χ1) is 1.73. The van der Waals surface area contributed by atoms with E-state index in [2.05, 4.69) is 0 Å². The first-order valence-corrected chi connectivity index (χ1v) is 0.655. The summed E-state index contributed by atoms with van der Waals surface area (Å²) in [6.45, 7) is -3.67. The number of hydrogen-bond acceptors (Lipinski definition) is 0. The molecule has 0 aromatic rings. The van der Waals surface area contributed by atoms with Crippen LogP contribution in [0.4, 0.5) is 13.2 Å². The molecule has 0 rings (SSSR count). The average Bonchev–Trinajstić information content (AvgIpc) is 0.811. The molecule has 0 saturated heterocycles. The summed E-state index contributed by atoms with van der Waals surface area (Å²) >= 11 is 0. The summed E-state index contributed by atoms with van der Waals surface area (Å²) in [6, 6.07) is 0. The van der Waals surface area contributed by atoms with Gasteiger partial charge in [0.05, 0.1) is 0 Å². The van der Waals surface area contributed by atoms with E-state index in [1.807, 2.05) is 0 Å². The van der Waals surface area contributed by atoms with Gasteiger partial charge in [-0.3, -0.25) is 0 Å². The summed E-state index contributed by atoms with van der Waals surface area (Å²) in [5, 5.41) is 0. The van der Waals surface area contributed by atoms with Crippen molar-refractivity contribution in [2.24, 2.45) is 0 Å². The molecule has 0 atom stereocenters. The quantitative estimate of drug-likeness (QED) is 0.395. The van der Waals surface area contributed by atoms with Crippen molar-refractivity contribution in [1.82, 2.24) is 0 Å². The van der Waals surface area contributed by atoms with E-state index in [9.17, 15) is 13.2 Å². The van der Waals surface area contributed by atoms with Crippen LogP contribution in [0, 0.1) is 0 Å². The Bertz CT molecular complexity index is 17.7. The van der Waals surface area contributed by atoms with Crippen molar-refractivity contribution < 1.29 is 16.0 Å². The van der Waals surface area contributed by atoms with Crippen LogP contribution in [0.5, 0.6) is 0 Å². The number of halogens is 3. The van der Waals surface area contributed by atoms with Crippen LogP contribution in [-0.4, -0.2) is 29.7 Å². The van der Waals surface area contributed by atoms with Gasteiger partial charge in [-0.05, 0) is 0 Å². The van der Waals surface area contributed by atoms with Crippen LogP contribution in [0.2, 0.25) is 0 Å². The second-order valence-electron chi connectivity index (χ2n) is 0.247. The summed E-state index contributed by atoms with van der Waals surface area (Å²) in [5.41, 5.74) is 0. The van der Waals surface area contributed by atoms with Gasteiger partial charge in [-0.1, -0.05) is 0 Å². The fourth-order valence-electron chi connectivity index (χ4n) is 0. The zero-order chi connectivity index (χ0) is 3.58. The molecule has 0 N–H and O–H groups in total. The molecule has 0 bridgehead atoms. The van der Waals surface area contributed by atoms with Crippen molar-refractivity contribution >= 4 is 23.1 Å². The van der Waals surface area contributed by atoms with Crippen LogP contribution in [0.3, 0.4) is 0 Å². The predicted molar refractivity (Wildman–Crippen MR) is 15.1 cm³/mol. The number of rotatable bonds is 0. The molecule has 0 heterocycles. The van der Waals surface area contributed by atoms with Crippen molar-refractivity contribution in [3.63, 3.8) is 0 Å². The summed E-state index contributed by atoms with van der Waals surface area (Å²) in [7, 11) is 0. The van der Waals surface area contributed by atoms with Gasteiger partial charge in [-0.2, -0.15) is 13.2 Å². The Kier molecular flexibility index (Phi) is 8.31. The monoisotopic (exact) mass is 96.0 g/mol. The van der Waals surface area contributed by atoms with Gasteiger partial charge in [0, 0.05) is 0 Å². The van der Waals surface area contributed by atoms with Crippen LogP contribution in [-0.2, 0) is 0 Å². The van der Waals surface area contributed by atoms with E-state index < -0.39 is 6.68 Å². The molecule has 5 heavy (non-hydrogen) atoms. The van der Waals surface area contributed by atoms with Gasteiger partial charge in [0.1, 0.15) is 0 Å². The molecular formula is CH3F3Mg. The summed E-state index contributed by atoms with van der Waals surface area (Å²) in [5.74, 6) is 0. The minimum absolute atomic E-state index is 0. The van der Waals surface area contributed by atoms with Gasteiger partial charge in [-0.25, -0.2) is 0 Å². The largest absolute Gasteiger partial charge is 2.00 e. The summed E-state index contributed by atoms with van der Waals surface area (Å²) < 4.78 is 29.0. The van der Waals surface area contributed by atoms with Crippen LogP contribution in [0.1, 0.15) is 2.85 Å². The molecule has 0 saturated carbocycles. The van der Waals surface area contributed by atoms with Gasteiger partial charge in [-0.15, -0.1) is 0 Å². The maximum absolute atomic E-state index is 9.67. The van der Waals surface area contributed by atoms with Crippen molar-refractivity contribution in [2.75, 3.05) is 0 Å². The third kappa shape index (κ3) is 96.2. The molecule has 30 valence electrons. The van der Waals surface area contributed by atoms with Crippen molar-refractivity contribution in [3.05, 3.63) is 0 Å². The van der Waals surface area contributed by atoms with E-state index in [1.54, 1.807) is 0 Å². The molecule has 0 aliphatic carbocycles. The van der Waals surface area contributed by atoms with E-state index in [-0.39, 0.29) is 25.9 Å². The molecule has 0 aromatic heterocycles. The van der Waals surface area contributed by atoms with Crippen molar-refractivity contribution in [3.8, 4) is 0 Å². The number of hydrogen-bond donors (Lipinski definition) is 0. The van der Waals surface area contributed by atoms with Crippen LogP contribution in [0.15, 0.2) is 0 Å². The van der Waals surface area contributed by atoms with Crippen LogP contribution >= 0.6 is 0 Å². The third-order valence-corrected chi connectivity index (χ3v) is 0. The van der Waals surface area contributed by atoms with Crippen molar-refractivity contribution in [2.45, 2.75) is 6.68 Å². The predicted octanol–water partition coefficient (Wildman–Crippen LogP) is 1.02. The standard InChI is InChI=1S/CHF3.Mg.2H/c2-1(3)4;;;/h1H;;;/q;+2;2*-1. The topological polar surface area (TPSA) is 0 Å². The van der Waals surface area contributed by atoms with Gasteiger partial charge in [0.2, 0.25) is 0 Å². The first-order valence-electron chi connectivity index (χ1n) is 0.655. The molecular weight excluding hydrogens is 93.3 g/mol. The van der Waals surface area contributed by atoms with Crippen LogP contribution in [0.25, 0.3) is 0 Å². The number of alkyl halides is 3. The van der Waals surface area contributed by atoms with Gasteiger partial charge in [0.25, 0.3) is 0 Å². The SMILES string of the molecule is FC(F)F.[H-].[H-].[Mg+2]. The molecule has 0 unspecified atom stereocenters. The van der Waals surface area contributed by atoms with E-state index in [0.29, 0.717) is 0 Å². The summed E-state index contributed by atoms with van der Waals surface area (Å²) in [4.78, 5) is 0. The Morgan fingerprint density at radius 2 is 1.20 bits per heavy atom. The second-order valence-corrected chi connectivity index (χ2v) is 0.247. The normalized spacial score (nSPS) is 7.20. The molecule has 0 fully saturated rings. The molecule has 0 radical (unpaired) electrons. The Morgan fingerprint density at radius 3 is 1.20 bits per heavy atom. The Balaban J connectivity index is -0.0000000150. The van der Waals surface area contributed by atoms with Gasteiger partial charge >= 0.3 is 29.7 Å². The Morgan fingerprint density at radius 1 is 1.20 bits per heavy atom. The molecule has 0 spiro atoms. The fraction of sp³-hybridized carbons (Fsp3) is 1.00. The molecule has 0 nitrogen and oxygen atoms in total. The zero-order valence-corrected chi connectivity index (χ0v) is 3.83. The molecule has 4 heteroatoms. The van der Waals surface area contributed by atoms with E-state index in [0.717, 1.165) is 0 Å². The van der Waals surface area contributed by atoms with E-state index in [4.69, 9.17) is 0 Å². The zero-order valence-electron chi connectivity index (χ0n) is 4.42. The maximum Gasteiger partial charge on any atom is 2.00 e. The minimum atomic E-state index is -3.67. The minimum Gasteiger partial charge on any atom is -1.00 e. The third-order valence-electron chi connectivity index (χ3n) is 0. The van der Waals surface area contributed by atoms with E-state index in [1.165, 1.54) is 0 Å². The maximum atomic E-state index is 9.67. The molecule has 0 amide bonds. The van der Waals surface area contributed by atoms with Crippen LogP contribution < -0.4 is 0 Å². The van der Waals surface area contributed by atoms with Crippen molar-refractivity contribution in [1.29, 1.82) is 0 Å². The smallest absolute Gasteiger partial charge is 1.00 e. The summed E-state index contributed by atoms with van der Waals surface area (Å²) in [6.07, 6.45) is 0. The van der Waals surface area contributed by atoms with Gasteiger partial charge < -0.3 is 2.85 Å².